The monoisotopic (exact) mass is 564 g/mol. The Morgan fingerprint density at radius 2 is 1.88 bits per heavy atom. The van der Waals surface area contributed by atoms with Crippen LogP contribution in [-0.2, 0) is 19.1 Å². The number of alkyl halides is 3. The Bertz CT molecular complexity index is 1750. The lowest BCUT2D eigenvalue weighted by Crippen LogP contribution is -2.29. The molecular weight excluding hydrogens is 545 g/mol. The Labute approximate surface area is 228 Å². The van der Waals surface area contributed by atoms with Crippen molar-refractivity contribution in [3.8, 4) is 11.4 Å². The van der Waals surface area contributed by atoms with Crippen molar-refractivity contribution in [2.24, 2.45) is 0 Å². The van der Waals surface area contributed by atoms with Crippen LogP contribution in [0.5, 0.6) is 0 Å². The van der Waals surface area contributed by atoms with E-state index in [0.29, 0.717) is 18.4 Å². The van der Waals surface area contributed by atoms with Gasteiger partial charge in [0.1, 0.15) is 17.7 Å². The van der Waals surface area contributed by atoms with Crippen molar-refractivity contribution in [3.05, 3.63) is 88.9 Å². The standard InChI is InChI=1S/C26H19F3N8O2S/c27-26(28,29)25-35-22(36-37-25)15-3-5-17-14(8-15)4-6-18(17)34-24(39)20-9-19(31-12-32-20)23(38)30-10-13-1-2-16-11-33-40-21(16)7-13/h1-3,5,7-9,11-12,18H,4,6,10H2,(H,30,38)(H,34,39)(H,35,36,37)/t18-/m0/s1. The largest absolute Gasteiger partial charge is 0.451 e. The summed E-state index contributed by atoms with van der Waals surface area (Å²) in [5.41, 5.74) is 3.16. The Kier molecular flexibility index (Phi) is 6.46. The van der Waals surface area contributed by atoms with Crippen molar-refractivity contribution >= 4 is 33.4 Å². The van der Waals surface area contributed by atoms with Gasteiger partial charge in [0, 0.05) is 29.8 Å². The smallest absolute Gasteiger partial charge is 0.347 e. The van der Waals surface area contributed by atoms with Gasteiger partial charge in [-0.2, -0.15) is 22.6 Å². The number of halogens is 3. The van der Waals surface area contributed by atoms with Gasteiger partial charge >= 0.3 is 6.18 Å². The molecule has 0 bridgehead atoms. The first-order valence-electron chi connectivity index (χ1n) is 12.1. The summed E-state index contributed by atoms with van der Waals surface area (Å²) in [6.07, 6.45) is -0.472. The van der Waals surface area contributed by atoms with E-state index in [1.165, 1.54) is 17.6 Å². The van der Waals surface area contributed by atoms with Crippen molar-refractivity contribution < 1.29 is 22.8 Å². The van der Waals surface area contributed by atoms with E-state index in [1.54, 1.807) is 24.4 Å². The molecule has 2 amide bonds. The van der Waals surface area contributed by atoms with Gasteiger partial charge in [-0.15, -0.1) is 0 Å². The van der Waals surface area contributed by atoms with E-state index in [1.807, 2.05) is 23.3 Å². The number of nitrogens with zero attached hydrogens (tertiary/aromatic N) is 5. The minimum atomic E-state index is -4.62. The normalized spacial score (nSPS) is 14.7. The van der Waals surface area contributed by atoms with Crippen LogP contribution >= 0.6 is 11.5 Å². The maximum atomic E-state index is 13.0. The summed E-state index contributed by atoms with van der Waals surface area (Å²) in [6.45, 7) is 0.282. The highest BCUT2D eigenvalue weighted by Gasteiger charge is 2.35. The zero-order valence-corrected chi connectivity index (χ0v) is 21.3. The number of carbonyl (C=O) groups is 2. The number of hydrogen-bond donors (Lipinski definition) is 3. The van der Waals surface area contributed by atoms with Gasteiger partial charge in [-0.1, -0.05) is 24.3 Å². The predicted molar refractivity (Wildman–Crippen MR) is 138 cm³/mol. The van der Waals surface area contributed by atoms with Gasteiger partial charge in [0.15, 0.2) is 5.82 Å². The van der Waals surface area contributed by atoms with Crippen molar-refractivity contribution in [2.75, 3.05) is 0 Å². The first-order chi connectivity index (χ1) is 19.2. The second kappa shape index (κ2) is 10.1. The number of carbonyl (C=O) groups excluding carboxylic acids is 2. The molecule has 0 aliphatic heterocycles. The Morgan fingerprint density at radius 3 is 2.67 bits per heavy atom. The molecule has 0 spiro atoms. The summed E-state index contributed by atoms with van der Waals surface area (Å²) in [5, 5.41) is 12.3. The number of aryl methyl sites for hydroxylation is 1. The number of fused-ring (bicyclic) bond motifs is 2. The first-order valence-corrected chi connectivity index (χ1v) is 12.9. The topological polar surface area (TPSA) is 138 Å². The molecule has 202 valence electrons. The van der Waals surface area contributed by atoms with E-state index in [2.05, 4.69) is 35.1 Å². The summed E-state index contributed by atoms with van der Waals surface area (Å²) in [6, 6.07) is 11.9. The van der Waals surface area contributed by atoms with Gasteiger partial charge in [0.05, 0.1) is 10.7 Å². The number of H-pyrrole nitrogens is 1. The summed E-state index contributed by atoms with van der Waals surface area (Å²) < 4.78 is 43.7. The van der Waals surface area contributed by atoms with Crippen LogP contribution in [0.15, 0.2) is 55.0 Å². The third-order valence-corrected chi connectivity index (χ3v) is 7.31. The van der Waals surface area contributed by atoms with Crippen LogP contribution in [-0.4, -0.2) is 41.3 Å². The lowest BCUT2D eigenvalue weighted by Gasteiger charge is -2.14. The number of aromatic nitrogens is 6. The molecule has 14 heteroatoms. The van der Waals surface area contributed by atoms with Crippen molar-refractivity contribution in [1.82, 2.24) is 40.2 Å². The Morgan fingerprint density at radius 1 is 1.05 bits per heavy atom. The summed E-state index contributed by atoms with van der Waals surface area (Å²) in [7, 11) is 0. The molecule has 0 saturated heterocycles. The summed E-state index contributed by atoms with van der Waals surface area (Å²) in [4.78, 5) is 37.2. The number of hydrogen-bond acceptors (Lipinski definition) is 8. The molecule has 10 nitrogen and oxygen atoms in total. The Hall–Kier alpha value is -4.72. The molecule has 5 aromatic rings. The molecule has 0 fully saturated rings. The van der Waals surface area contributed by atoms with Gasteiger partial charge in [-0.05, 0) is 53.2 Å². The fourth-order valence-corrected chi connectivity index (χ4v) is 5.26. The van der Waals surface area contributed by atoms with Gasteiger partial charge in [0.2, 0.25) is 5.82 Å². The molecule has 1 aliphatic rings. The maximum absolute atomic E-state index is 13.0. The second-order valence-electron chi connectivity index (χ2n) is 9.15. The highest BCUT2D eigenvalue weighted by Crippen LogP contribution is 2.34. The van der Waals surface area contributed by atoms with Crippen LogP contribution < -0.4 is 10.6 Å². The average Bonchev–Trinajstić information content (AvgIpc) is 3.71. The van der Waals surface area contributed by atoms with E-state index in [-0.39, 0.29) is 29.8 Å². The molecule has 40 heavy (non-hydrogen) atoms. The van der Waals surface area contributed by atoms with Crippen LogP contribution in [0.1, 0.15) is 56.0 Å². The van der Waals surface area contributed by atoms with Crippen molar-refractivity contribution in [3.63, 3.8) is 0 Å². The van der Waals surface area contributed by atoms with Crippen LogP contribution in [0, 0.1) is 0 Å². The first kappa shape index (κ1) is 25.6. The predicted octanol–water partition coefficient (Wildman–Crippen LogP) is 4.24. The molecule has 3 aromatic heterocycles. The molecule has 6 rings (SSSR count). The number of amides is 2. The second-order valence-corrected chi connectivity index (χ2v) is 9.99. The van der Waals surface area contributed by atoms with Crippen molar-refractivity contribution in [1.29, 1.82) is 0 Å². The molecular formula is C26H19F3N8O2S. The number of nitrogens with one attached hydrogen (secondary N) is 3. The van der Waals surface area contributed by atoms with E-state index in [9.17, 15) is 22.8 Å². The zero-order valence-electron chi connectivity index (χ0n) is 20.5. The Balaban J connectivity index is 1.11. The summed E-state index contributed by atoms with van der Waals surface area (Å²) in [5.74, 6) is -2.14. The third-order valence-electron chi connectivity index (χ3n) is 6.54. The molecule has 1 atom stereocenters. The number of rotatable bonds is 6. The summed E-state index contributed by atoms with van der Waals surface area (Å²) >= 11 is 1.38. The van der Waals surface area contributed by atoms with E-state index < -0.39 is 23.8 Å². The van der Waals surface area contributed by atoms with Gasteiger partial charge < -0.3 is 10.6 Å². The van der Waals surface area contributed by atoms with E-state index in [4.69, 9.17) is 0 Å². The molecule has 3 heterocycles. The molecule has 0 saturated carbocycles. The minimum Gasteiger partial charge on any atom is -0.347 e. The highest BCUT2D eigenvalue weighted by molar-refractivity contribution is 7.13. The van der Waals surface area contributed by atoms with Crippen LogP contribution in [0.4, 0.5) is 13.2 Å². The fraction of sp³-hybridized carbons (Fsp3) is 0.192. The van der Waals surface area contributed by atoms with Crippen LogP contribution in [0.3, 0.4) is 0 Å². The van der Waals surface area contributed by atoms with E-state index in [0.717, 1.165) is 33.1 Å². The van der Waals surface area contributed by atoms with Gasteiger partial charge in [-0.25, -0.2) is 15.0 Å². The molecule has 0 radical (unpaired) electrons. The van der Waals surface area contributed by atoms with Crippen LogP contribution in [0.25, 0.3) is 21.5 Å². The SMILES string of the molecule is O=C(NCc1ccc2cnsc2c1)c1cc(C(=O)N[C@H]2CCc3cc(-c4n[nH]c(C(F)(F)F)n4)ccc32)ncn1. The third kappa shape index (κ3) is 5.12. The maximum Gasteiger partial charge on any atom is 0.451 e. The highest BCUT2D eigenvalue weighted by atomic mass is 32.1. The molecule has 3 N–H and O–H groups in total. The molecule has 0 unspecified atom stereocenters. The van der Waals surface area contributed by atoms with Gasteiger partial charge in [-0.3, -0.25) is 14.7 Å². The van der Waals surface area contributed by atoms with Gasteiger partial charge in [0.25, 0.3) is 11.8 Å². The van der Waals surface area contributed by atoms with E-state index >= 15 is 0 Å². The minimum absolute atomic E-state index is 0.0386. The lowest BCUT2D eigenvalue weighted by molar-refractivity contribution is -0.144. The molecule has 1 aliphatic carbocycles. The fourth-order valence-electron chi connectivity index (χ4n) is 4.55. The lowest BCUT2D eigenvalue weighted by atomic mass is 10.0. The number of benzene rings is 2. The zero-order chi connectivity index (χ0) is 27.9. The average molecular weight is 565 g/mol. The molecule has 2 aromatic carbocycles. The van der Waals surface area contributed by atoms with Crippen LogP contribution in [0.2, 0.25) is 0 Å². The van der Waals surface area contributed by atoms with Crippen molar-refractivity contribution in [2.45, 2.75) is 31.6 Å². The quantitative estimate of drug-likeness (QED) is 0.280. The number of aromatic amines is 1.